The van der Waals surface area contributed by atoms with Gasteiger partial charge in [-0.1, -0.05) is 13.8 Å². The van der Waals surface area contributed by atoms with Crippen LogP contribution in [0.1, 0.15) is 37.0 Å². The third-order valence-electron chi connectivity index (χ3n) is 2.92. The molecule has 0 saturated carbocycles. The van der Waals surface area contributed by atoms with E-state index in [9.17, 15) is 4.79 Å². The van der Waals surface area contributed by atoms with Crippen molar-refractivity contribution in [2.75, 3.05) is 25.6 Å². The lowest BCUT2D eigenvalue weighted by atomic mass is 10.1. The average molecular weight is 264 g/mol. The number of methoxy groups -OCH3 is 1. The van der Waals surface area contributed by atoms with E-state index in [0.29, 0.717) is 12.2 Å². The molecule has 1 unspecified atom stereocenters. The summed E-state index contributed by atoms with van der Waals surface area (Å²) >= 11 is 0. The third-order valence-corrected chi connectivity index (χ3v) is 2.92. The van der Waals surface area contributed by atoms with Crippen molar-refractivity contribution < 1.29 is 9.53 Å². The highest BCUT2D eigenvalue weighted by Crippen LogP contribution is 2.10. The minimum atomic E-state index is -0.0501. The number of ether oxygens (including phenoxy) is 1. The zero-order chi connectivity index (χ0) is 14.1. The van der Waals surface area contributed by atoms with E-state index < -0.39 is 0 Å². The van der Waals surface area contributed by atoms with Crippen molar-refractivity contribution in [2.24, 2.45) is 0 Å². The molecule has 1 atom stereocenters. The van der Waals surface area contributed by atoms with Gasteiger partial charge in [-0.3, -0.25) is 4.79 Å². The summed E-state index contributed by atoms with van der Waals surface area (Å²) in [5, 5.41) is 6.24. The molecule has 0 spiro atoms. The molecule has 2 N–H and O–H groups in total. The molecule has 4 nitrogen and oxygen atoms in total. The van der Waals surface area contributed by atoms with Gasteiger partial charge in [0, 0.05) is 24.9 Å². The summed E-state index contributed by atoms with van der Waals surface area (Å²) in [7, 11) is 1.64. The second-order valence-electron chi connectivity index (χ2n) is 4.54. The van der Waals surface area contributed by atoms with Crippen LogP contribution in [0.2, 0.25) is 0 Å². The SMILES string of the molecule is CCCNc1ccc(C(=O)NC(CC)COC)cc1. The van der Waals surface area contributed by atoms with E-state index >= 15 is 0 Å². The molecule has 0 aromatic heterocycles. The van der Waals surface area contributed by atoms with Gasteiger partial charge in [-0.2, -0.15) is 0 Å². The fourth-order valence-corrected chi connectivity index (χ4v) is 1.74. The molecule has 0 heterocycles. The number of carbonyl (C=O) groups excluding carboxylic acids is 1. The van der Waals surface area contributed by atoms with Crippen molar-refractivity contribution in [3.8, 4) is 0 Å². The molecule has 0 saturated heterocycles. The van der Waals surface area contributed by atoms with Crippen molar-refractivity contribution >= 4 is 11.6 Å². The van der Waals surface area contributed by atoms with Gasteiger partial charge in [-0.15, -0.1) is 0 Å². The number of rotatable bonds is 8. The Kier molecular flexibility index (Phi) is 6.97. The summed E-state index contributed by atoms with van der Waals surface area (Å²) in [5.41, 5.74) is 1.72. The Morgan fingerprint density at radius 2 is 1.95 bits per heavy atom. The van der Waals surface area contributed by atoms with Gasteiger partial charge in [0.15, 0.2) is 0 Å². The second kappa shape index (κ2) is 8.53. The van der Waals surface area contributed by atoms with Gasteiger partial charge in [-0.25, -0.2) is 0 Å². The Hall–Kier alpha value is -1.55. The molecule has 1 aromatic carbocycles. The van der Waals surface area contributed by atoms with Gasteiger partial charge in [0.1, 0.15) is 0 Å². The standard InChI is InChI=1S/C15H24N2O2/c1-4-10-16-14-8-6-12(7-9-14)15(18)17-13(5-2)11-19-3/h6-9,13,16H,4-5,10-11H2,1-3H3,(H,17,18). The largest absolute Gasteiger partial charge is 0.385 e. The normalized spacial score (nSPS) is 11.9. The number of amides is 1. The molecule has 1 rings (SSSR count). The van der Waals surface area contributed by atoms with Crippen molar-refractivity contribution in [3.63, 3.8) is 0 Å². The Labute approximate surface area is 115 Å². The maximum atomic E-state index is 12.0. The lowest BCUT2D eigenvalue weighted by molar-refractivity contribution is 0.0894. The molecule has 0 fully saturated rings. The summed E-state index contributed by atoms with van der Waals surface area (Å²) in [6.45, 7) is 5.63. The zero-order valence-corrected chi connectivity index (χ0v) is 12.0. The van der Waals surface area contributed by atoms with E-state index in [1.165, 1.54) is 0 Å². The molecular formula is C15H24N2O2. The van der Waals surface area contributed by atoms with E-state index in [2.05, 4.69) is 17.6 Å². The quantitative estimate of drug-likeness (QED) is 0.759. The highest BCUT2D eigenvalue weighted by Gasteiger charge is 2.11. The molecule has 0 radical (unpaired) electrons. The summed E-state index contributed by atoms with van der Waals surface area (Å²) in [5.74, 6) is -0.0501. The van der Waals surface area contributed by atoms with Crippen LogP contribution in [-0.2, 0) is 4.74 Å². The molecule has 4 heteroatoms. The first-order valence-corrected chi connectivity index (χ1v) is 6.85. The Morgan fingerprint density at radius 1 is 1.26 bits per heavy atom. The monoisotopic (exact) mass is 264 g/mol. The van der Waals surface area contributed by atoms with Crippen LogP contribution in [0.3, 0.4) is 0 Å². The zero-order valence-electron chi connectivity index (χ0n) is 12.0. The van der Waals surface area contributed by atoms with E-state index in [1.54, 1.807) is 7.11 Å². The summed E-state index contributed by atoms with van der Waals surface area (Å²) in [6.07, 6.45) is 1.94. The topological polar surface area (TPSA) is 50.4 Å². The Bertz CT molecular complexity index is 376. The highest BCUT2D eigenvalue weighted by molar-refractivity contribution is 5.94. The second-order valence-corrected chi connectivity index (χ2v) is 4.54. The Morgan fingerprint density at radius 3 is 2.47 bits per heavy atom. The molecule has 1 aromatic rings. The first-order chi connectivity index (χ1) is 9.21. The maximum Gasteiger partial charge on any atom is 0.251 e. The van der Waals surface area contributed by atoms with Crippen LogP contribution < -0.4 is 10.6 Å². The van der Waals surface area contributed by atoms with Gasteiger partial charge < -0.3 is 15.4 Å². The summed E-state index contributed by atoms with van der Waals surface area (Å²) < 4.78 is 5.07. The molecule has 106 valence electrons. The van der Waals surface area contributed by atoms with Crippen LogP contribution >= 0.6 is 0 Å². The number of benzene rings is 1. The van der Waals surface area contributed by atoms with Crippen molar-refractivity contribution in [3.05, 3.63) is 29.8 Å². The van der Waals surface area contributed by atoms with Gasteiger partial charge in [0.05, 0.1) is 12.6 Å². The predicted molar refractivity (Wildman–Crippen MR) is 78.6 cm³/mol. The lowest BCUT2D eigenvalue weighted by Gasteiger charge is -2.16. The number of hydrogen-bond donors (Lipinski definition) is 2. The molecule has 19 heavy (non-hydrogen) atoms. The molecule has 0 aliphatic carbocycles. The third kappa shape index (κ3) is 5.30. The van der Waals surface area contributed by atoms with Crippen LogP contribution in [0, 0.1) is 0 Å². The van der Waals surface area contributed by atoms with Crippen LogP contribution in [0.15, 0.2) is 24.3 Å². The van der Waals surface area contributed by atoms with Gasteiger partial charge in [0.2, 0.25) is 0 Å². The Balaban J connectivity index is 2.56. The number of carbonyl (C=O) groups is 1. The summed E-state index contributed by atoms with van der Waals surface area (Å²) in [4.78, 5) is 12.0. The van der Waals surface area contributed by atoms with E-state index in [-0.39, 0.29) is 11.9 Å². The van der Waals surface area contributed by atoms with Crippen molar-refractivity contribution in [2.45, 2.75) is 32.7 Å². The maximum absolute atomic E-state index is 12.0. The number of hydrogen-bond acceptors (Lipinski definition) is 3. The molecule has 0 aliphatic rings. The predicted octanol–water partition coefficient (Wildman–Crippen LogP) is 2.66. The van der Waals surface area contributed by atoms with Gasteiger partial charge in [0.25, 0.3) is 5.91 Å². The van der Waals surface area contributed by atoms with Crippen LogP contribution in [0.5, 0.6) is 0 Å². The molecular weight excluding hydrogens is 240 g/mol. The van der Waals surface area contributed by atoms with Gasteiger partial charge in [-0.05, 0) is 37.1 Å². The van der Waals surface area contributed by atoms with Crippen molar-refractivity contribution in [1.82, 2.24) is 5.32 Å². The van der Waals surface area contributed by atoms with Crippen molar-refractivity contribution in [1.29, 1.82) is 0 Å². The highest BCUT2D eigenvalue weighted by atomic mass is 16.5. The van der Waals surface area contributed by atoms with Gasteiger partial charge >= 0.3 is 0 Å². The lowest BCUT2D eigenvalue weighted by Crippen LogP contribution is -2.37. The van der Waals surface area contributed by atoms with E-state index in [1.807, 2.05) is 31.2 Å². The fraction of sp³-hybridized carbons (Fsp3) is 0.533. The van der Waals surface area contributed by atoms with E-state index in [4.69, 9.17) is 4.74 Å². The minimum Gasteiger partial charge on any atom is -0.385 e. The fourth-order valence-electron chi connectivity index (χ4n) is 1.74. The smallest absolute Gasteiger partial charge is 0.251 e. The summed E-state index contributed by atoms with van der Waals surface area (Å²) in [6, 6.07) is 7.61. The average Bonchev–Trinajstić information content (AvgIpc) is 2.45. The molecule has 0 bridgehead atoms. The first kappa shape index (κ1) is 15.5. The first-order valence-electron chi connectivity index (χ1n) is 6.85. The number of anilines is 1. The number of nitrogens with one attached hydrogen (secondary N) is 2. The van der Waals surface area contributed by atoms with Crippen LogP contribution in [0.4, 0.5) is 5.69 Å². The van der Waals surface area contributed by atoms with E-state index in [0.717, 1.165) is 25.1 Å². The minimum absolute atomic E-state index is 0.0501. The van der Waals surface area contributed by atoms with Crippen LogP contribution in [-0.4, -0.2) is 32.2 Å². The molecule has 1 amide bonds. The molecule has 0 aliphatic heterocycles. The van der Waals surface area contributed by atoms with Crippen LogP contribution in [0.25, 0.3) is 0 Å².